The van der Waals surface area contributed by atoms with E-state index in [9.17, 15) is 14.4 Å². The van der Waals surface area contributed by atoms with Gasteiger partial charge in [-0.15, -0.1) is 0 Å². The number of hydrogen-bond acceptors (Lipinski definition) is 5. The number of benzene rings is 1. The maximum Gasteiger partial charge on any atom is 0.294 e. The molecule has 6 aliphatic rings. The monoisotopic (exact) mass is 508 g/mol. The van der Waals surface area contributed by atoms with Crippen LogP contribution in [-0.4, -0.2) is 53.1 Å². The van der Waals surface area contributed by atoms with E-state index in [0.29, 0.717) is 24.6 Å². The number of nitrogens with zero attached hydrogens (tertiary/aromatic N) is 2. The van der Waals surface area contributed by atoms with Gasteiger partial charge in [0.1, 0.15) is 12.3 Å². The molecule has 6 fully saturated rings. The Kier molecular flexibility index (Phi) is 6.39. The van der Waals surface area contributed by atoms with Crippen molar-refractivity contribution in [1.29, 1.82) is 0 Å². The van der Waals surface area contributed by atoms with E-state index in [4.69, 9.17) is 4.74 Å². The molecule has 3 amide bonds. The Morgan fingerprint density at radius 2 is 1.72 bits per heavy atom. The summed E-state index contributed by atoms with van der Waals surface area (Å²) in [6.07, 6.45) is 12.9. The number of hydrogen-bond donors (Lipinski definition) is 0. The standard InChI is InChI=1S/C29H36N2O4S/c1-2-35-24-7-6-23(29-15-19-10-20(16-29)12-21(11-19)17-29)13-22(24)14-25-27(33)31(28(34)36-25)18-26(32)30-8-4-3-5-9-30/h6-7,13-14,19-21H,2-5,8-12,15-18H2,1H3/b25-14+. The number of amides is 3. The van der Waals surface area contributed by atoms with Crippen LogP contribution in [0.4, 0.5) is 4.79 Å². The first-order chi connectivity index (χ1) is 17.4. The molecular formula is C29H36N2O4S. The van der Waals surface area contributed by atoms with Gasteiger partial charge in [0.25, 0.3) is 11.1 Å². The van der Waals surface area contributed by atoms with Crippen LogP contribution in [0.15, 0.2) is 23.1 Å². The van der Waals surface area contributed by atoms with E-state index in [1.54, 1.807) is 4.90 Å². The Morgan fingerprint density at radius 3 is 2.36 bits per heavy atom. The first-order valence-electron chi connectivity index (χ1n) is 13.7. The van der Waals surface area contributed by atoms with Crippen LogP contribution in [-0.2, 0) is 15.0 Å². The van der Waals surface area contributed by atoms with Gasteiger partial charge in [0, 0.05) is 18.7 Å². The smallest absolute Gasteiger partial charge is 0.294 e. The van der Waals surface area contributed by atoms with E-state index in [-0.39, 0.29) is 29.0 Å². The van der Waals surface area contributed by atoms with E-state index in [2.05, 4.69) is 12.1 Å². The molecule has 192 valence electrons. The Labute approximate surface area is 217 Å². The van der Waals surface area contributed by atoms with Gasteiger partial charge < -0.3 is 9.64 Å². The molecule has 2 heterocycles. The van der Waals surface area contributed by atoms with Crippen molar-refractivity contribution in [2.45, 2.75) is 70.1 Å². The third-order valence-electron chi connectivity index (χ3n) is 9.12. The summed E-state index contributed by atoms with van der Waals surface area (Å²) in [5.41, 5.74) is 2.45. The van der Waals surface area contributed by atoms with Crippen molar-refractivity contribution in [2.24, 2.45) is 17.8 Å². The van der Waals surface area contributed by atoms with E-state index in [1.807, 2.05) is 19.1 Å². The fraction of sp³-hybridized carbons (Fsp3) is 0.621. The molecule has 6 nitrogen and oxygen atoms in total. The third kappa shape index (κ3) is 4.37. The molecule has 0 spiro atoms. The second-order valence-electron chi connectivity index (χ2n) is 11.6. The summed E-state index contributed by atoms with van der Waals surface area (Å²) in [4.78, 5) is 41.9. The van der Waals surface area contributed by atoms with Crippen molar-refractivity contribution >= 4 is 34.9 Å². The predicted molar refractivity (Wildman–Crippen MR) is 141 cm³/mol. The molecule has 36 heavy (non-hydrogen) atoms. The fourth-order valence-electron chi connectivity index (χ4n) is 7.90. The molecule has 0 N–H and O–H groups in total. The van der Waals surface area contributed by atoms with Crippen LogP contribution in [0, 0.1) is 17.8 Å². The van der Waals surface area contributed by atoms with E-state index < -0.39 is 0 Å². The lowest BCUT2D eigenvalue weighted by molar-refractivity contribution is -0.136. The lowest BCUT2D eigenvalue weighted by atomic mass is 9.48. The van der Waals surface area contributed by atoms with Gasteiger partial charge in [-0.3, -0.25) is 19.3 Å². The predicted octanol–water partition coefficient (Wildman–Crippen LogP) is 5.60. The lowest BCUT2D eigenvalue weighted by Crippen LogP contribution is -2.48. The van der Waals surface area contributed by atoms with Crippen molar-refractivity contribution in [3.8, 4) is 5.75 Å². The van der Waals surface area contributed by atoms with Crippen molar-refractivity contribution in [2.75, 3.05) is 26.2 Å². The molecule has 2 saturated heterocycles. The fourth-order valence-corrected chi connectivity index (χ4v) is 8.73. The highest BCUT2D eigenvalue weighted by Crippen LogP contribution is 2.61. The maximum absolute atomic E-state index is 13.2. The van der Waals surface area contributed by atoms with Crippen molar-refractivity contribution in [3.63, 3.8) is 0 Å². The zero-order valence-corrected chi connectivity index (χ0v) is 22.0. The Morgan fingerprint density at radius 1 is 1.06 bits per heavy atom. The van der Waals surface area contributed by atoms with Crippen LogP contribution in [0.5, 0.6) is 5.75 Å². The summed E-state index contributed by atoms with van der Waals surface area (Å²) < 4.78 is 5.93. The number of thioether (sulfide) groups is 1. The summed E-state index contributed by atoms with van der Waals surface area (Å²) >= 11 is 0.930. The summed E-state index contributed by atoms with van der Waals surface area (Å²) in [7, 11) is 0. The summed E-state index contributed by atoms with van der Waals surface area (Å²) in [5.74, 6) is 2.76. The minimum atomic E-state index is -0.377. The quantitative estimate of drug-likeness (QED) is 0.468. The second-order valence-corrected chi connectivity index (χ2v) is 12.6. The number of imide groups is 1. The number of likely N-dealkylation sites (tertiary alicyclic amines) is 1. The SMILES string of the molecule is CCOc1ccc(C23CC4CC(CC(C4)C2)C3)cc1/C=C1/SC(=O)N(CC(=O)N2CCCCC2)C1=O. The highest BCUT2D eigenvalue weighted by molar-refractivity contribution is 8.18. The summed E-state index contributed by atoms with van der Waals surface area (Å²) in [6, 6.07) is 6.50. The van der Waals surface area contributed by atoms with Crippen LogP contribution in [0.3, 0.4) is 0 Å². The Balaban J connectivity index is 1.26. The minimum Gasteiger partial charge on any atom is -0.493 e. The van der Waals surface area contributed by atoms with Gasteiger partial charge in [-0.05, 0) is 123 Å². The molecule has 0 aromatic heterocycles. The van der Waals surface area contributed by atoms with Crippen LogP contribution in [0.2, 0.25) is 0 Å². The van der Waals surface area contributed by atoms with Gasteiger partial charge in [-0.1, -0.05) is 6.07 Å². The van der Waals surface area contributed by atoms with Gasteiger partial charge >= 0.3 is 0 Å². The van der Waals surface area contributed by atoms with Crippen molar-refractivity contribution in [3.05, 3.63) is 34.2 Å². The number of carbonyl (C=O) groups is 3. The number of carbonyl (C=O) groups excluding carboxylic acids is 3. The van der Waals surface area contributed by atoms with Gasteiger partial charge in [0.15, 0.2) is 0 Å². The molecule has 1 aromatic rings. The van der Waals surface area contributed by atoms with Gasteiger partial charge in [-0.2, -0.15) is 0 Å². The molecule has 4 saturated carbocycles. The summed E-state index contributed by atoms with van der Waals surface area (Å²) in [5, 5.41) is -0.369. The summed E-state index contributed by atoms with van der Waals surface area (Å²) in [6.45, 7) is 3.73. The van der Waals surface area contributed by atoms with E-state index in [0.717, 1.165) is 65.0 Å². The zero-order chi connectivity index (χ0) is 24.9. The third-order valence-corrected chi connectivity index (χ3v) is 10.0. The van der Waals surface area contributed by atoms with Gasteiger partial charge in [0.05, 0.1) is 11.5 Å². The van der Waals surface area contributed by atoms with Crippen LogP contribution in [0.25, 0.3) is 6.08 Å². The number of rotatable bonds is 6. The van der Waals surface area contributed by atoms with Gasteiger partial charge in [-0.25, -0.2) is 0 Å². The topological polar surface area (TPSA) is 66.9 Å². The number of piperidine rings is 1. The molecule has 4 bridgehead atoms. The number of ether oxygens (including phenoxy) is 1. The zero-order valence-electron chi connectivity index (χ0n) is 21.2. The highest BCUT2D eigenvalue weighted by Gasteiger charge is 2.51. The normalized spacial score (nSPS) is 32.6. The first-order valence-corrected chi connectivity index (χ1v) is 14.6. The molecule has 0 radical (unpaired) electrons. The van der Waals surface area contributed by atoms with E-state index in [1.165, 1.54) is 44.1 Å². The molecule has 0 unspecified atom stereocenters. The molecule has 0 atom stereocenters. The molecule has 4 aliphatic carbocycles. The van der Waals surface area contributed by atoms with Crippen LogP contribution in [0.1, 0.15) is 75.8 Å². The average molecular weight is 509 g/mol. The second kappa shape index (κ2) is 9.55. The van der Waals surface area contributed by atoms with Crippen LogP contribution < -0.4 is 4.74 Å². The molecule has 7 heteroatoms. The van der Waals surface area contributed by atoms with Crippen LogP contribution >= 0.6 is 11.8 Å². The van der Waals surface area contributed by atoms with E-state index >= 15 is 0 Å². The molecule has 2 aliphatic heterocycles. The van der Waals surface area contributed by atoms with Gasteiger partial charge in [0.2, 0.25) is 5.91 Å². The Bertz CT molecular complexity index is 1070. The average Bonchev–Trinajstić information content (AvgIpc) is 3.12. The maximum atomic E-state index is 13.2. The van der Waals surface area contributed by atoms with Crippen molar-refractivity contribution in [1.82, 2.24) is 9.80 Å². The molecule has 7 rings (SSSR count). The minimum absolute atomic E-state index is 0.142. The molecular weight excluding hydrogens is 472 g/mol. The Hall–Kier alpha value is -2.28. The highest BCUT2D eigenvalue weighted by atomic mass is 32.2. The van der Waals surface area contributed by atoms with Crippen molar-refractivity contribution < 1.29 is 19.1 Å². The molecule has 1 aromatic carbocycles. The largest absolute Gasteiger partial charge is 0.493 e. The first kappa shape index (κ1) is 24.1. The lowest BCUT2D eigenvalue weighted by Gasteiger charge is -2.57.